The average molecular weight is 1570 g/mol. The monoisotopic (exact) mass is 1560 g/mol. The Morgan fingerprint density at radius 2 is 0.491 bits per heavy atom. The molecule has 5 unspecified atom stereocenters. The van der Waals surface area contributed by atoms with Crippen molar-refractivity contribution in [3.8, 4) is 0 Å². The zero-order valence-electron chi connectivity index (χ0n) is 67.1. The molecular weight excluding hydrogens is 1430 g/mol. The highest BCUT2D eigenvalue weighted by molar-refractivity contribution is 7.47. The Labute approximate surface area is 663 Å². The molecule has 0 aromatic heterocycles. The largest absolute Gasteiger partial charge is 0.472 e. The van der Waals surface area contributed by atoms with Crippen molar-refractivity contribution in [2.75, 3.05) is 39.6 Å². The van der Waals surface area contributed by atoms with E-state index in [4.69, 9.17) is 37.0 Å². The molecule has 0 aliphatic carbocycles. The Bertz CT molecular complexity index is 3050. The van der Waals surface area contributed by atoms with Crippen LogP contribution in [0.4, 0.5) is 0 Å². The van der Waals surface area contributed by atoms with Crippen LogP contribution in [0.15, 0.2) is 243 Å². The van der Waals surface area contributed by atoms with E-state index in [1.54, 1.807) is 0 Å². The molecule has 17 nitrogen and oxygen atoms in total. The first-order valence-corrected chi connectivity index (χ1v) is 43.3. The number of unbranched alkanes of at least 4 members (excludes halogenated alkanes) is 6. The summed E-state index contributed by atoms with van der Waals surface area (Å²) in [6, 6.07) is 0. The maximum absolute atomic E-state index is 13.1. The molecule has 0 spiro atoms. The first kappa shape index (κ1) is 103. The molecule has 0 radical (unpaired) electrons. The average Bonchev–Trinajstić information content (AvgIpc) is 0.900. The van der Waals surface area contributed by atoms with Gasteiger partial charge in [0.1, 0.15) is 19.3 Å². The maximum Gasteiger partial charge on any atom is 0.472 e. The Morgan fingerprint density at radius 3 is 0.782 bits per heavy atom. The molecule has 0 rings (SSSR count). The first-order valence-electron chi connectivity index (χ1n) is 40.3. The van der Waals surface area contributed by atoms with Crippen molar-refractivity contribution in [1.82, 2.24) is 0 Å². The second kappa shape index (κ2) is 79.9. The second-order valence-electron chi connectivity index (χ2n) is 25.5. The third kappa shape index (κ3) is 79.0. The van der Waals surface area contributed by atoms with E-state index in [-0.39, 0.29) is 25.7 Å². The lowest BCUT2D eigenvalue weighted by atomic mass is 10.1. The van der Waals surface area contributed by atoms with Crippen molar-refractivity contribution in [2.45, 2.75) is 264 Å². The minimum atomic E-state index is -5.04. The molecule has 19 heteroatoms. The standard InChI is InChI=1S/C91H138O17P2/c1-5-9-13-17-21-25-29-33-36-39-42-45-48-52-55-59-63-67-71-75-88(93)101-81-86(107-90(95)77-73-69-65-61-57-51-32-28-24-20-16-12-8-4)83-105-109(97,98)103-79-85(92)80-104-110(99,100)106-84-87(108-91(96)78-74-70-66-62-58-54-50-47-44-41-38-35-31-27-23-19-15-11-7-3)82-102-89(94)76-72-68-64-60-56-53-49-46-43-40-37-34-30-26-22-18-14-10-6-2/h9-11,13-16,20-23,25-28,32-38,42-47,52-56,58,63-64,66-68,70,85-87,92H,5-8,12,17-19,24,29-31,39-41,48-51,57,59-62,65,69,71-84H2,1-4H3,(H,97,98)(H,99,100)/b13-9-,14-10-,15-11-,20-16-,25-21-,26-22-,27-23-,32-28-,36-33-,37-34-,38-35-,45-42-,46-43-,47-44-,55-52-,56-53-,58-54-,67-63-,68-64-,70-66-. The van der Waals surface area contributed by atoms with Crippen molar-refractivity contribution in [2.24, 2.45) is 0 Å². The maximum atomic E-state index is 13.1. The van der Waals surface area contributed by atoms with Gasteiger partial charge in [0.05, 0.1) is 26.4 Å². The normalized spacial score (nSPS) is 15.1. The highest BCUT2D eigenvalue weighted by Crippen LogP contribution is 2.45. The number of hydrogen-bond acceptors (Lipinski definition) is 15. The van der Waals surface area contributed by atoms with Crippen molar-refractivity contribution >= 4 is 39.5 Å². The zero-order chi connectivity index (χ0) is 80.3. The van der Waals surface area contributed by atoms with Gasteiger partial charge in [0.25, 0.3) is 0 Å². The molecule has 0 bridgehead atoms. The molecule has 0 amide bonds. The smallest absolute Gasteiger partial charge is 0.462 e. The van der Waals surface area contributed by atoms with Gasteiger partial charge in [-0.3, -0.25) is 37.3 Å². The van der Waals surface area contributed by atoms with Gasteiger partial charge in [0.15, 0.2) is 12.2 Å². The molecule has 3 N–H and O–H groups in total. The minimum Gasteiger partial charge on any atom is -0.462 e. The fraction of sp³-hybridized carbons (Fsp3) is 0.516. The number of rotatable bonds is 72. The predicted octanol–water partition coefficient (Wildman–Crippen LogP) is 24.0. The number of phosphoric acid groups is 2. The highest BCUT2D eigenvalue weighted by Gasteiger charge is 2.30. The minimum absolute atomic E-state index is 0.00714. The molecule has 110 heavy (non-hydrogen) atoms. The van der Waals surface area contributed by atoms with Gasteiger partial charge < -0.3 is 33.8 Å². The van der Waals surface area contributed by atoms with E-state index in [9.17, 15) is 43.2 Å². The summed E-state index contributed by atoms with van der Waals surface area (Å²) in [5, 5.41) is 10.6. The fourth-order valence-corrected chi connectivity index (χ4v) is 10.9. The zero-order valence-corrected chi connectivity index (χ0v) is 68.9. The van der Waals surface area contributed by atoms with E-state index in [1.165, 1.54) is 0 Å². The van der Waals surface area contributed by atoms with Crippen LogP contribution in [0.25, 0.3) is 0 Å². The number of ether oxygens (including phenoxy) is 4. The van der Waals surface area contributed by atoms with E-state index in [0.717, 1.165) is 148 Å². The van der Waals surface area contributed by atoms with Crippen LogP contribution >= 0.6 is 15.6 Å². The highest BCUT2D eigenvalue weighted by atomic mass is 31.2. The lowest BCUT2D eigenvalue weighted by Gasteiger charge is -2.21. The molecule has 0 saturated heterocycles. The summed E-state index contributed by atoms with van der Waals surface area (Å²) in [7, 11) is -10.1. The van der Waals surface area contributed by atoms with Crippen LogP contribution in [-0.4, -0.2) is 96.7 Å². The van der Waals surface area contributed by atoms with Crippen molar-refractivity contribution in [3.63, 3.8) is 0 Å². The Morgan fingerprint density at radius 1 is 0.264 bits per heavy atom. The van der Waals surface area contributed by atoms with Gasteiger partial charge in [-0.1, -0.05) is 296 Å². The molecule has 5 atom stereocenters. The van der Waals surface area contributed by atoms with Gasteiger partial charge in [0, 0.05) is 25.7 Å². The number of carbonyl (C=O) groups is 4. The van der Waals surface area contributed by atoms with E-state index >= 15 is 0 Å². The number of hydrogen-bond donors (Lipinski definition) is 3. The summed E-state index contributed by atoms with van der Waals surface area (Å²) in [6.45, 7) is 4.13. The summed E-state index contributed by atoms with van der Waals surface area (Å²) in [5.74, 6) is -2.52. The number of phosphoric ester groups is 2. The number of esters is 4. The number of aliphatic hydroxyl groups is 1. The molecule has 0 aromatic rings. The number of aliphatic hydroxyl groups excluding tert-OH is 1. The second-order valence-corrected chi connectivity index (χ2v) is 28.4. The number of carbonyl (C=O) groups excluding carboxylic acids is 4. The molecule has 0 aromatic carbocycles. The van der Waals surface area contributed by atoms with Gasteiger partial charge in [-0.2, -0.15) is 0 Å². The molecule has 0 heterocycles. The van der Waals surface area contributed by atoms with Gasteiger partial charge in [-0.25, -0.2) is 9.13 Å². The van der Waals surface area contributed by atoms with Crippen LogP contribution < -0.4 is 0 Å². The summed E-state index contributed by atoms with van der Waals surface area (Å²) in [5.41, 5.74) is 0. The lowest BCUT2D eigenvalue weighted by molar-refractivity contribution is -0.161. The van der Waals surface area contributed by atoms with Gasteiger partial charge in [0.2, 0.25) is 0 Å². The third-order valence-corrected chi connectivity index (χ3v) is 17.2. The quantitative estimate of drug-likeness (QED) is 0.0169. The number of allylic oxidation sites excluding steroid dienone is 40. The van der Waals surface area contributed by atoms with E-state index in [0.29, 0.717) is 44.9 Å². The van der Waals surface area contributed by atoms with Crippen molar-refractivity contribution < 1.29 is 80.2 Å². The van der Waals surface area contributed by atoms with Gasteiger partial charge in [-0.15, -0.1) is 0 Å². The summed E-state index contributed by atoms with van der Waals surface area (Å²) in [6.07, 6.45) is 105. The van der Waals surface area contributed by atoms with Crippen LogP contribution in [0.1, 0.15) is 246 Å². The van der Waals surface area contributed by atoms with Crippen molar-refractivity contribution in [3.05, 3.63) is 243 Å². The Balaban J connectivity index is 5.61. The van der Waals surface area contributed by atoms with Crippen LogP contribution in [0.2, 0.25) is 0 Å². The van der Waals surface area contributed by atoms with E-state index < -0.39 is 97.5 Å². The summed E-state index contributed by atoms with van der Waals surface area (Å²) < 4.78 is 68.4. The Kier molecular flexibility index (Phi) is 74.7. The molecule has 0 aliphatic heterocycles. The first-order chi connectivity index (χ1) is 53.7. The fourth-order valence-electron chi connectivity index (χ4n) is 9.33. The SMILES string of the molecule is CC/C=C\C/C=C\C/C=C\C/C=C\C/C=C\C/C=C\CCC(=O)OCC(COP(=O)(O)OCC(O)COP(=O)(O)OCC(COC(=O)CC/C=C\C/C=C\C/C=C\C/C=C\C/C=C\C/C=C\CC)OC(=O)CCCCCCC/C=C\C/C=C\CCC)OC(=O)CC/C=C\C/C=C\C/C=C\C/C=C\C/C=C\C/C=C\CC. The van der Waals surface area contributed by atoms with E-state index in [2.05, 4.69) is 216 Å². The molecule has 614 valence electrons. The molecular formula is C91H138O17P2. The van der Waals surface area contributed by atoms with Gasteiger partial charge in [-0.05, 0) is 167 Å². The third-order valence-electron chi connectivity index (χ3n) is 15.3. The molecule has 0 aliphatic rings. The Hall–Kier alpha value is -7.14. The van der Waals surface area contributed by atoms with Gasteiger partial charge >= 0.3 is 39.5 Å². The predicted molar refractivity (Wildman–Crippen MR) is 454 cm³/mol. The molecule has 0 saturated carbocycles. The van der Waals surface area contributed by atoms with Crippen LogP contribution in [0, 0.1) is 0 Å². The summed E-state index contributed by atoms with van der Waals surface area (Å²) >= 11 is 0. The van der Waals surface area contributed by atoms with Crippen LogP contribution in [0.5, 0.6) is 0 Å². The van der Waals surface area contributed by atoms with Crippen LogP contribution in [0.3, 0.4) is 0 Å². The lowest BCUT2D eigenvalue weighted by Crippen LogP contribution is -2.30. The van der Waals surface area contributed by atoms with Crippen LogP contribution in [-0.2, 0) is 65.4 Å². The van der Waals surface area contributed by atoms with Crippen molar-refractivity contribution in [1.29, 1.82) is 0 Å². The van der Waals surface area contributed by atoms with E-state index in [1.807, 2.05) is 54.7 Å². The topological polar surface area (TPSA) is 237 Å². The molecule has 0 fully saturated rings. The summed E-state index contributed by atoms with van der Waals surface area (Å²) in [4.78, 5) is 73.0.